The number of piperidine rings is 1. The van der Waals surface area contributed by atoms with Crippen LogP contribution >= 0.6 is 11.3 Å². The van der Waals surface area contributed by atoms with Crippen LogP contribution in [0, 0.1) is 19.8 Å². The normalized spacial score (nSPS) is 19.2. The average molecular weight is 481 g/mol. The standard InChI is InChI=1S/C21H28N4O5S2/c1-15-19(16(2)30-22-15)32(28,29)25-8-3-7-23(11-12-25)20(26)17-4-9-24(10-5-17)21(27)18-6-13-31-14-18/h6,13-14,17H,3-5,7-12H2,1-2H3. The van der Waals surface area contributed by atoms with Crippen molar-refractivity contribution in [2.24, 2.45) is 5.92 Å². The molecule has 9 nitrogen and oxygen atoms in total. The van der Waals surface area contributed by atoms with Gasteiger partial charge in [0.15, 0.2) is 5.76 Å². The van der Waals surface area contributed by atoms with Crippen molar-refractivity contribution < 1.29 is 22.5 Å². The number of hydrogen-bond donors (Lipinski definition) is 0. The molecule has 32 heavy (non-hydrogen) atoms. The van der Waals surface area contributed by atoms with E-state index in [-0.39, 0.29) is 34.9 Å². The van der Waals surface area contributed by atoms with Crippen molar-refractivity contribution in [3.63, 3.8) is 0 Å². The van der Waals surface area contributed by atoms with Gasteiger partial charge in [-0.25, -0.2) is 8.42 Å². The zero-order valence-electron chi connectivity index (χ0n) is 18.3. The number of sulfonamides is 1. The molecular weight excluding hydrogens is 452 g/mol. The third-order valence-electron chi connectivity index (χ3n) is 6.23. The van der Waals surface area contributed by atoms with Crippen molar-refractivity contribution in [2.45, 2.75) is 38.0 Å². The van der Waals surface area contributed by atoms with Gasteiger partial charge in [-0.15, -0.1) is 0 Å². The first kappa shape index (κ1) is 22.9. The molecule has 0 saturated carbocycles. The van der Waals surface area contributed by atoms with Crippen LogP contribution in [0.2, 0.25) is 0 Å². The number of thiophene rings is 1. The highest BCUT2D eigenvalue weighted by Gasteiger charge is 2.35. The zero-order chi connectivity index (χ0) is 22.9. The van der Waals surface area contributed by atoms with Crippen LogP contribution in [0.1, 0.15) is 41.1 Å². The maximum absolute atomic E-state index is 13.1. The highest BCUT2D eigenvalue weighted by atomic mass is 32.2. The fourth-order valence-electron chi connectivity index (χ4n) is 4.48. The number of likely N-dealkylation sites (tertiary alicyclic amines) is 1. The van der Waals surface area contributed by atoms with Gasteiger partial charge in [-0.2, -0.15) is 15.6 Å². The highest BCUT2D eigenvalue weighted by molar-refractivity contribution is 7.89. The lowest BCUT2D eigenvalue weighted by molar-refractivity contribution is -0.136. The number of hydrogen-bond acceptors (Lipinski definition) is 7. The Morgan fingerprint density at radius 1 is 1.06 bits per heavy atom. The van der Waals surface area contributed by atoms with Gasteiger partial charge in [0.2, 0.25) is 15.9 Å². The molecule has 2 saturated heterocycles. The lowest BCUT2D eigenvalue weighted by Crippen LogP contribution is -2.45. The van der Waals surface area contributed by atoms with Gasteiger partial charge in [0.25, 0.3) is 5.91 Å². The minimum absolute atomic E-state index is 0.0205. The predicted molar refractivity (Wildman–Crippen MR) is 119 cm³/mol. The SMILES string of the molecule is Cc1noc(C)c1S(=O)(=O)N1CCCN(C(=O)C2CCN(C(=O)c3ccsc3)CC2)CC1. The van der Waals surface area contributed by atoms with E-state index in [1.54, 1.807) is 18.7 Å². The topological polar surface area (TPSA) is 104 Å². The predicted octanol–water partition coefficient (Wildman–Crippen LogP) is 2.13. The van der Waals surface area contributed by atoms with E-state index in [1.807, 2.05) is 21.7 Å². The second-order valence-corrected chi connectivity index (χ2v) is 11.0. The Bertz CT molecular complexity index is 1050. The Hall–Kier alpha value is -2.24. The maximum atomic E-state index is 13.1. The molecule has 2 fully saturated rings. The van der Waals surface area contributed by atoms with Gasteiger partial charge in [-0.1, -0.05) is 5.16 Å². The molecule has 4 rings (SSSR count). The molecule has 2 aromatic heterocycles. The molecule has 11 heteroatoms. The summed E-state index contributed by atoms with van der Waals surface area (Å²) < 4.78 is 32.7. The summed E-state index contributed by atoms with van der Waals surface area (Å²) >= 11 is 1.50. The molecule has 0 radical (unpaired) electrons. The molecule has 0 aromatic carbocycles. The molecule has 0 bridgehead atoms. The van der Waals surface area contributed by atoms with E-state index in [9.17, 15) is 18.0 Å². The Morgan fingerprint density at radius 2 is 1.81 bits per heavy atom. The summed E-state index contributed by atoms with van der Waals surface area (Å²) in [4.78, 5) is 29.4. The molecule has 4 heterocycles. The number of aryl methyl sites for hydroxylation is 2. The van der Waals surface area contributed by atoms with E-state index in [4.69, 9.17) is 4.52 Å². The summed E-state index contributed by atoms with van der Waals surface area (Å²) in [6, 6.07) is 1.82. The second kappa shape index (κ2) is 9.32. The van der Waals surface area contributed by atoms with Gasteiger partial charge < -0.3 is 14.3 Å². The molecule has 2 aliphatic rings. The molecular formula is C21H28N4O5S2. The van der Waals surface area contributed by atoms with E-state index in [2.05, 4.69) is 5.16 Å². The summed E-state index contributed by atoms with van der Waals surface area (Å²) in [5.41, 5.74) is 1.05. The molecule has 2 amide bonds. The number of carbonyl (C=O) groups is 2. The van der Waals surface area contributed by atoms with Crippen LogP contribution in [-0.2, 0) is 14.8 Å². The van der Waals surface area contributed by atoms with E-state index >= 15 is 0 Å². The van der Waals surface area contributed by atoms with Crippen LogP contribution in [0.15, 0.2) is 26.2 Å². The van der Waals surface area contributed by atoms with E-state index < -0.39 is 10.0 Å². The van der Waals surface area contributed by atoms with Crippen LogP contribution in [0.4, 0.5) is 0 Å². The van der Waals surface area contributed by atoms with E-state index in [0.29, 0.717) is 63.2 Å². The van der Waals surface area contributed by atoms with Crippen molar-refractivity contribution >= 4 is 33.2 Å². The van der Waals surface area contributed by atoms with Crippen molar-refractivity contribution in [3.05, 3.63) is 33.8 Å². The first-order valence-corrected chi connectivity index (χ1v) is 13.2. The molecule has 2 aromatic rings. The zero-order valence-corrected chi connectivity index (χ0v) is 20.0. The molecule has 0 unspecified atom stereocenters. The van der Waals surface area contributed by atoms with Crippen LogP contribution in [-0.4, -0.2) is 78.8 Å². The van der Waals surface area contributed by atoms with E-state index in [1.165, 1.54) is 15.6 Å². The van der Waals surface area contributed by atoms with Gasteiger partial charge >= 0.3 is 0 Å². The minimum Gasteiger partial charge on any atom is -0.360 e. The number of nitrogens with zero attached hydrogens (tertiary/aromatic N) is 4. The first-order valence-electron chi connectivity index (χ1n) is 10.8. The fourth-order valence-corrected chi connectivity index (χ4v) is 6.87. The summed E-state index contributed by atoms with van der Waals surface area (Å²) in [6.45, 7) is 5.81. The van der Waals surface area contributed by atoms with Gasteiger partial charge in [0.1, 0.15) is 10.6 Å². The maximum Gasteiger partial charge on any atom is 0.254 e. The van der Waals surface area contributed by atoms with Gasteiger partial charge in [-0.3, -0.25) is 9.59 Å². The smallest absolute Gasteiger partial charge is 0.254 e. The number of aromatic nitrogens is 1. The largest absolute Gasteiger partial charge is 0.360 e. The molecule has 174 valence electrons. The average Bonchev–Trinajstić information content (AvgIpc) is 3.35. The van der Waals surface area contributed by atoms with Gasteiger partial charge in [0, 0.05) is 50.6 Å². The summed E-state index contributed by atoms with van der Waals surface area (Å²) in [5.74, 6) is 0.229. The van der Waals surface area contributed by atoms with Gasteiger partial charge in [-0.05, 0) is 44.6 Å². The number of amides is 2. The lowest BCUT2D eigenvalue weighted by atomic mass is 9.94. The third kappa shape index (κ3) is 4.46. The monoisotopic (exact) mass is 480 g/mol. The van der Waals surface area contributed by atoms with Crippen molar-refractivity contribution in [1.82, 2.24) is 19.3 Å². The molecule has 0 spiro atoms. The van der Waals surface area contributed by atoms with Gasteiger partial charge in [0.05, 0.1) is 5.56 Å². The summed E-state index contributed by atoms with van der Waals surface area (Å²) in [6.07, 6.45) is 1.84. The highest BCUT2D eigenvalue weighted by Crippen LogP contribution is 2.26. The van der Waals surface area contributed by atoms with Crippen LogP contribution in [0.25, 0.3) is 0 Å². The van der Waals surface area contributed by atoms with Crippen LogP contribution in [0.5, 0.6) is 0 Å². The van der Waals surface area contributed by atoms with Crippen LogP contribution < -0.4 is 0 Å². The number of carbonyl (C=O) groups excluding carboxylic acids is 2. The van der Waals surface area contributed by atoms with Crippen LogP contribution in [0.3, 0.4) is 0 Å². The quantitative estimate of drug-likeness (QED) is 0.664. The first-order chi connectivity index (χ1) is 15.3. The summed E-state index contributed by atoms with van der Waals surface area (Å²) in [5, 5.41) is 7.50. The Labute approximate surface area is 192 Å². The number of rotatable bonds is 4. The molecule has 0 N–H and O–H groups in total. The molecule has 2 aliphatic heterocycles. The summed E-state index contributed by atoms with van der Waals surface area (Å²) in [7, 11) is -3.72. The van der Waals surface area contributed by atoms with Crippen molar-refractivity contribution in [2.75, 3.05) is 39.3 Å². The van der Waals surface area contributed by atoms with E-state index in [0.717, 1.165) is 0 Å². The second-order valence-electron chi connectivity index (χ2n) is 8.31. The van der Waals surface area contributed by atoms with Crippen molar-refractivity contribution in [1.29, 1.82) is 0 Å². The Morgan fingerprint density at radius 3 is 2.44 bits per heavy atom. The minimum atomic E-state index is -3.72. The molecule has 0 atom stereocenters. The third-order valence-corrected chi connectivity index (χ3v) is 9.06. The Kier molecular flexibility index (Phi) is 6.68. The Balaban J connectivity index is 1.35. The lowest BCUT2D eigenvalue weighted by Gasteiger charge is -2.34. The van der Waals surface area contributed by atoms with Crippen molar-refractivity contribution in [3.8, 4) is 0 Å². The molecule has 0 aliphatic carbocycles. The fraction of sp³-hybridized carbons (Fsp3) is 0.571.